The van der Waals surface area contributed by atoms with E-state index in [2.05, 4.69) is 15.5 Å². The normalized spacial score (nSPS) is 16.5. The highest BCUT2D eigenvalue weighted by molar-refractivity contribution is 7.89. The summed E-state index contributed by atoms with van der Waals surface area (Å²) in [7, 11) is -2.19. The number of sulfonamides is 1. The molecule has 4 rings (SSSR count). The number of nitrogens with one attached hydrogen (secondary N) is 2. The van der Waals surface area contributed by atoms with Gasteiger partial charge >= 0.3 is 0 Å². The number of hydrogen-bond acceptors (Lipinski definition) is 6. The van der Waals surface area contributed by atoms with E-state index in [1.807, 2.05) is 12.1 Å². The molecule has 1 saturated heterocycles. The zero-order valence-corrected chi connectivity index (χ0v) is 22.7. The first kappa shape index (κ1) is 27.1. The number of piperidine rings is 1. The van der Waals surface area contributed by atoms with Gasteiger partial charge in [0.25, 0.3) is 5.91 Å². The molecule has 1 aliphatic heterocycles. The second-order valence-electron chi connectivity index (χ2n) is 9.09. The standard InChI is InChI=1S/C26H31ClN4O5S/c1-17-12-22(35-3)13-18(2)26(17)37(33,34)31-11-5-4-6-21(31)15-36-16-25(32)28-24-14-23(29-30-24)19-7-9-20(27)10-8-19/h7-10,12-14,21H,4-6,11,15-16H2,1-3H3,(H2,28,29,30,32). The maximum atomic E-state index is 13.6. The van der Waals surface area contributed by atoms with Crippen LogP contribution in [-0.2, 0) is 19.6 Å². The van der Waals surface area contributed by atoms with Gasteiger partial charge in [0.05, 0.1) is 24.3 Å². The number of amides is 1. The lowest BCUT2D eigenvalue weighted by atomic mass is 10.1. The Hall–Kier alpha value is -2.92. The summed E-state index contributed by atoms with van der Waals surface area (Å²) in [5, 5.41) is 10.3. The van der Waals surface area contributed by atoms with Crippen LogP contribution < -0.4 is 10.1 Å². The summed E-state index contributed by atoms with van der Waals surface area (Å²) in [5.74, 6) is 0.695. The van der Waals surface area contributed by atoms with Gasteiger partial charge in [0, 0.05) is 29.2 Å². The van der Waals surface area contributed by atoms with Gasteiger partial charge in [0.15, 0.2) is 0 Å². The third kappa shape index (κ3) is 6.32. The Bertz CT molecular complexity index is 1330. The average Bonchev–Trinajstić information content (AvgIpc) is 3.32. The Balaban J connectivity index is 1.36. The summed E-state index contributed by atoms with van der Waals surface area (Å²) in [5.41, 5.74) is 2.80. The molecule has 0 saturated carbocycles. The number of rotatable bonds is 9. The highest BCUT2D eigenvalue weighted by atomic mass is 35.5. The molecule has 1 amide bonds. The van der Waals surface area contributed by atoms with E-state index >= 15 is 0 Å². The van der Waals surface area contributed by atoms with Gasteiger partial charge in [-0.2, -0.15) is 9.40 Å². The minimum atomic E-state index is -3.75. The molecule has 0 bridgehead atoms. The summed E-state index contributed by atoms with van der Waals surface area (Å²) in [6.45, 7) is 3.88. The van der Waals surface area contributed by atoms with Crippen LogP contribution in [0.5, 0.6) is 5.75 Å². The lowest BCUT2D eigenvalue weighted by Crippen LogP contribution is -2.46. The molecule has 0 aliphatic carbocycles. The monoisotopic (exact) mass is 546 g/mol. The molecule has 1 fully saturated rings. The number of aryl methyl sites for hydroxylation is 2. The van der Waals surface area contributed by atoms with Crippen molar-refractivity contribution in [2.24, 2.45) is 0 Å². The largest absolute Gasteiger partial charge is 0.497 e. The van der Waals surface area contributed by atoms with Crippen LogP contribution >= 0.6 is 11.6 Å². The van der Waals surface area contributed by atoms with Crippen LogP contribution in [0.3, 0.4) is 0 Å². The average molecular weight is 547 g/mol. The summed E-state index contributed by atoms with van der Waals surface area (Å²) in [4.78, 5) is 12.7. The molecule has 0 radical (unpaired) electrons. The van der Waals surface area contributed by atoms with E-state index in [0.29, 0.717) is 51.3 Å². The number of anilines is 1. The first-order valence-corrected chi connectivity index (χ1v) is 13.9. The van der Waals surface area contributed by atoms with Crippen molar-refractivity contribution in [1.29, 1.82) is 0 Å². The van der Waals surface area contributed by atoms with Gasteiger partial charge in [-0.1, -0.05) is 30.2 Å². The zero-order valence-electron chi connectivity index (χ0n) is 21.1. The number of aromatic amines is 1. The molecule has 198 valence electrons. The number of halogens is 1. The number of hydrogen-bond donors (Lipinski definition) is 2. The second-order valence-corrected chi connectivity index (χ2v) is 11.4. The van der Waals surface area contributed by atoms with Crippen LogP contribution in [0.4, 0.5) is 5.82 Å². The summed E-state index contributed by atoms with van der Waals surface area (Å²) in [6.07, 6.45) is 2.34. The van der Waals surface area contributed by atoms with Crippen LogP contribution in [0, 0.1) is 13.8 Å². The number of H-pyrrole nitrogens is 1. The lowest BCUT2D eigenvalue weighted by Gasteiger charge is -2.35. The number of aromatic nitrogens is 2. The summed E-state index contributed by atoms with van der Waals surface area (Å²) >= 11 is 5.93. The smallest absolute Gasteiger partial charge is 0.251 e. The number of carbonyl (C=O) groups is 1. The van der Waals surface area contributed by atoms with Crippen LogP contribution in [0.2, 0.25) is 5.02 Å². The molecule has 1 aromatic heterocycles. The predicted molar refractivity (Wildman–Crippen MR) is 142 cm³/mol. The van der Waals surface area contributed by atoms with Crippen molar-refractivity contribution < 1.29 is 22.7 Å². The van der Waals surface area contributed by atoms with Gasteiger partial charge < -0.3 is 14.8 Å². The first-order chi connectivity index (χ1) is 17.7. The van der Waals surface area contributed by atoms with Crippen LogP contribution in [-0.4, -0.2) is 61.7 Å². The molecule has 3 aromatic rings. The Labute approximate surface area is 222 Å². The minimum absolute atomic E-state index is 0.125. The maximum absolute atomic E-state index is 13.6. The third-order valence-corrected chi connectivity index (χ3v) is 8.85. The van der Waals surface area contributed by atoms with Crippen LogP contribution in [0.25, 0.3) is 11.3 Å². The SMILES string of the molecule is COc1cc(C)c(S(=O)(=O)N2CCCCC2COCC(=O)Nc2cc(-c3ccc(Cl)cc3)n[nH]2)c(C)c1. The van der Waals surface area contributed by atoms with Gasteiger partial charge in [-0.3, -0.25) is 9.89 Å². The van der Waals surface area contributed by atoms with E-state index in [1.54, 1.807) is 51.3 Å². The Kier molecular flexibility index (Phi) is 8.53. The zero-order chi connectivity index (χ0) is 26.6. The Morgan fingerprint density at radius 3 is 2.54 bits per heavy atom. The van der Waals surface area contributed by atoms with E-state index in [4.69, 9.17) is 21.1 Å². The van der Waals surface area contributed by atoms with Crippen molar-refractivity contribution in [3.05, 3.63) is 58.6 Å². The van der Waals surface area contributed by atoms with Gasteiger partial charge in [-0.25, -0.2) is 8.42 Å². The molecule has 0 spiro atoms. The highest BCUT2D eigenvalue weighted by Crippen LogP contribution is 2.32. The molecule has 1 atom stereocenters. The van der Waals surface area contributed by atoms with E-state index < -0.39 is 10.0 Å². The van der Waals surface area contributed by atoms with Gasteiger partial charge in [0.2, 0.25) is 10.0 Å². The van der Waals surface area contributed by atoms with E-state index in [9.17, 15) is 13.2 Å². The van der Waals surface area contributed by atoms with Gasteiger partial charge in [-0.05, 0) is 62.1 Å². The molecule has 2 heterocycles. The number of methoxy groups -OCH3 is 1. The molecule has 9 nitrogen and oxygen atoms in total. The molecule has 2 N–H and O–H groups in total. The highest BCUT2D eigenvalue weighted by Gasteiger charge is 2.35. The van der Waals surface area contributed by atoms with Gasteiger partial charge in [-0.15, -0.1) is 0 Å². The maximum Gasteiger partial charge on any atom is 0.251 e. The molecule has 1 aliphatic rings. The van der Waals surface area contributed by atoms with Crippen LogP contribution in [0.15, 0.2) is 47.4 Å². The summed E-state index contributed by atoms with van der Waals surface area (Å²) in [6, 6.07) is 12.0. The first-order valence-electron chi connectivity index (χ1n) is 12.0. The predicted octanol–water partition coefficient (Wildman–Crippen LogP) is 4.55. The third-order valence-electron chi connectivity index (χ3n) is 6.34. The fourth-order valence-electron chi connectivity index (χ4n) is 4.64. The van der Waals surface area contributed by atoms with Crippen molar-refractivity contribution in [1.82, 2.24) is 14.5 Å². The van der Waals surface area contributed by atoms with E-state index in [-0.39, 0.29) is 25.2 Å². The number of benzene rings is 2. The lowest BCUT2D eigenvalue weighted by molar-refractivity contribution is -0.121. The molecule has 37 heavy (non-hydrogen) atoms. The Morgan fingerprint density at radius 1 is 1.16 bits per heavy atom. The van der Waals surface area contributed by atoms with Crippen molar-refractivity contribution in [2.45, 2.75) is 44.0 Å². The van der Waals surface area contributed by atoms with Gasteiger partial charge in [0.1, 0.15) is 18.2 Å². The number of nitrogens with zero attached hydrogens (tertiary/aromatic N) is 2. The molecule has 2 aromatic carbocycles. The van der Waals surface area contributed by atoms with Crippen molar-refractivity contribution >= 4 is 33.3 Å². The van der Waals surface area contributed by atoms with Crippen molar-refractivity contribution in [3.8, 4) is 17.0 Å². The van der Waals surface area contributed by atoms with Crippen molar-refractivity contribution in [3.63, 3.8) is 0 Å². The molecular weight excluding hydrogens is 516 g/mol. The summed E-state index contributed by atoms with van der Waals surface area (Å²) < 4.78 is 39.8. The fraction of sp³-hybridized carbons (Fsp3) is 0.385. The number of carbonyl (C=O) groups excluding carboxylic acids is 1. The quantitative estimate of drug-likeness (QED) is 0.407. The second kappa shape index (κ2) is 11.6. The van der Waals surface area contributed by atoms with Crippen molar-refractivity contribution in [2.75, 3.05) is 32.2 Å². The number of ether oxygens (including phenoxy) is 2. The van der Waals surface area contributed by atoms with E-state index in [0.717, 1.165) is 18.4 Å². The molecular formula is C26H31ClN4O5S. The molecule has 1 unspecified atom stereocenters. The fourth-order valence-corrected chi connectivity index (χ4v) is 6.86. The minimum Gasteiger partial charge on any atom is -0.497 e. The van der Waals surface area contributed by atoms with E-state index in [1.165, 1.54) is 4.31 Å². The topological polar surface area (TPSA) is 114 Å². The Morgan fingerprint density at radius 2 is 1.86 bits per heavy atom. The van der Waals surface area contributed by atoms with Crippen LogP contribution in [0.1, 0.15) is 30.4 Å². The molecule has 11 heteroatoms.